The zero-order valence-corrected chi connectivity index (χ0v) is 6.74. The molecular formula is C8H5F5O. The van der Waals surface area contributed by atoms with Crippen LogP contribution in [0, 0.1) is 11.6 Å². The zero-order chi connectivity index (χ0) is 10.7. The summed E-state index contributed by atoms with van der Waals surface area (Å²) < 4.78 is 64.5. The second-order valence-corrected chi connectivity index (χ2v) is 2.38. The number of alkyl halides is 3. The molecule has 0 aliphatic rings. The molecule has 0 saturated carbocycles. The molecule has 0 bridgehead atoms. The predicted octanol–water partition coefficient (Wildman–Crippen LogP) is 3.04. The summed E-state index contributed by atoms with van der Waals surface area (Å²) in [7, 11) is 0. The Bertz CT molecular complexity index is 303. The van der Waals surface area contributed by atoms with Crippen LogP contribution in [0.5, 0.6) is 5.75 Å². The van der Waals surface area contributed by atoms with Crippen LogP contribution in [0.25, 0.3) is 0 Å². The Hall–Kier alpha value is -1.33. The fourth-order valence-electron chi connectivity index (χ4n) is 0.878. The van der Waals surface area contributed by atoms with Crippen LogP contribution in [0.2, 0.25) is 0 Å². The zero-order valence-electron chi connectivity index (χ0n) is 6.74. The van der Waals surface area contributed by atoms with Gasteiger partial charge in [0, 0.05) is 12.1 Å². The van der Waals surface area contributed by atoms with Crippen molar-refractivity contribution in [2.75, 3.05) is 0 Å². The molecule has 0 heterocycles. The largest absolute Gasteiger partial charge is 0.435 e. The maximum absolute atomic E-state index is 12.8. The van der Waals surface area contributed by atoms with Crippen LogP contribution in [-0.2, 0) is 6.67 Å². The van der Waals surface area contributed by atoms with Crippen LogP contribution >= 0.6 is 0 Å². The van der Waals surface area contributed by atoms with Crippen molar-refractivity contribution in [3.63, 3.8) is 0 Å². The van der Waals surface area contributed by atoms with E-state index < -0.39 is 36.2 Å². The van der Waals surface area contributed by atoms with E-state index in [4.69, 9.17) is 0 Å². The third-order valence-corrected chi connectivity index (χ3v) is 1.47. The van der Waals surface area contributed by atoms with Gasteiger partial charge in [0.05, 0.1) is 5.56 Å². The number of hydrogen-bond acceptors (Lipinski definition) is 1. The van der Waals surface area contributed by atoms with Crippen molar-refractivity contribution in [1.82, 2.24) is 0 Å². The van der Waals surface area contributed by atoms with E-state index in [9.17, 15) is 22.0 Å². The minimum atomic E-state index is -3.18. The molecule has 1 rings (SSSR count). The van der Waals surface area contributed by atoms with Gasteiger partial charge in [-0.25, -0.2) is 13.2 Å². The van der Waals surface area contributed by atoms with Crippen molar-refractivity contribution in [2.45, 2.75) is 13.3 Å². The van der Waals surface area contributed by atoms with Crippen LogP contribution in [0.15, 0.2) is 12.1 Å². The highest BCUT2D eigenvalue weighted by Gasteiger charge is 2.13. The summed E-state index contributed by atoms with van der Waals surface area (Å²) in [5.74, 6) is -3.17. The summed E-state index contributed by atoms with van der Waals surface area (Å²) in [4.78, 5) is 0. The van der Waals surface area contributed by atoms with Gasteiger partial charge in [0.1, 0.15) is 24.1 Å². The lowest BCUT2D eigenvalue weighted by molar-refractivity contribution is -0.0501. The first-order valence-corrected chi connectivity index (χ1v) is 3.53. The molecule has 1 aromatic rings. The fourth-order valence-corrected chi connectivity index (χ4v) is 0.878. The van der Waals surface area contributed by atoms with Gasteiger partial charge in [-0.05, 0) is 0 Å². The molecule has 0 N–H and O–H groups in total. The van der Waals surface area contributed by atoms with E-state index in [-0.39, 0.29) is 0 Å². The number of ether oxygens (including phenoxy) is 1. The van der Waals surface area contributed by atoms with Crippen molar-refractivity contribution in [1.29, 1.82) is 0 Å². The third-order valence-electron chi connectivity index (χ3n) is 1.47. The molecule has 0 saturated heterocycles. The first-order chi connectivity index (χ1) is 6.54. The summed E-state index contributed by atoms with van der Waals surface area (Å²) in [6.45, 7) is -4.52. The van der Waals surface area contributed by atoms with E-state index in [1.165, 1.54) is 0 Å². The molecule has 0 aliphatic carbocycles. The van der Waals surface area contributed by atoms with Gasteiger partial charge in [-0.3, -0.25) is 0 Å². The highest BCUT2D eigenvalue weighted by Crippen LogP contribution is 2.22. The Morgan fingerprint density at radius 2 is 1.64 bits per heavy atom. The Labute approximate surface area is 76.1 Å². The predicted molar refractivity (Wildman–Crippen MR) is 37.8 cm³/mol. The van der Waals surface area contributed by atoms with Gasteiger partial charge in [-0.1, -0.05) is 0 Å². The van der Waals surface area contributed by atoms with Gasteiger partial charge in [0.25, 0.3) is 0 Å². The van der Waals surface area contributed by atoms with Crippen LogP contribution in [0.4, 0.5) is 22.0 Å². The first-order valence-electron chi connectivity index (χ1n) is 3.53. The van der Waals surface area contributed by atoms with Gasteiger partial charge in [0.2, 0.25) is 0 Å². The second-order valence-electron chi connectivity index (χ2n) is 2.38. The normalized spacial score (nSPS) is 10.7. The molecule has 1 aromatic carbocycles. The molecule has 0 fully saturated rings. The quantitative estimate of drug-likeness (QED) is 0.699. The van der Waals surface area contributed by atoms with Gasteiger partial charge < -0.3 is 4.74 Å². The SMILES string of the molecule is FCc1c(F)cc(OC(F)F)cc1F. The Kier molecular flexibility index (Phi) is 3.27. The van der Waals surface area contributed by atoms with Gasteiger partial charge in [0.15, 0.2) is 0 Å². The van der Waals surface area contributed by atoms with Crippen LogP contribution in [-0.4, -0.2) is 6.61 Å². The van der Waals surface area contributed by atoms with Gasteiger partial charge in [-0.15, -0.1) is 0 Å². The smallest absolute Gasteiger partial charge is 0.387 e. The van der Waals surface area contributed by atoms with E-state index in [2.05, 4.69) is 4.74 Å². The van der Waals surface area contributed by atoms with Crippen molar-refractivity contribution in [2.24, 2.45) is 0 Å². The maximum atomic E-state index is 12.8. The molecule has 78 valence electrons. The number of rotatable bonds is 3. The van der Waals surface area contributed by atoms with E-state index in [0.29, 0.717) is 12.1 Å². The molecule has 0 spiro atoms. The topological polar surface area (TPSA) is 9.23 Å². The lowest BCUT2D eigenvalue weighted by Gasteiger charge is -2.06. The Balaban J connectivity index is 3.01. The maximum Gasteiger partial charge on any atom is 0.387 e. The molecule has 1 nitrogen and oxygen atoms in total. The lowest BCUT2D eigenvalue weighted by Crippen LogP contribution is -2.04. The van der Waals surface area contributed by atoms with Gasteiger partial charge in [-0.2, -0.15) is 8.78 Å². The van der Waals surface area contributed by atoms with Crippen molar-refractivity contribution < 1.29 is 26.7 Å². The Morgan fingerprint density at radius 1 is 1.14 bits per heavy atom. The number of halogens is 5. The molecule has 0 aromatic heterocycles. The molecule has 0 atom stereocenters. The highest BCUT2D eigenvalue weighted by atomic mass is 19.3. The Morgan fingerprint density at radius 3 is 2.00 bits per heavy atom. The average Bonchev–Trinajstić information content (AvgIpc) is 2.01. The summed E-state index contributed by atoms with van der Waals surface area (Å²) in [6, 6.07) is 1.01. The first kappa shape index (κ1) is 10.7. The molecular weight excluding hydrogens is 207 g/mol. The molecule has 0 amide bonds. The van der Waals surface area contributed by atoms with Crippen LogP contribution in [0.1, 0.15) is 5.56 Å². The summed E-state index contributed by atoms with van der Waals surface area (Å²) in [5.41, 5.74) is -0.799. The third kappa shape index (κ3) is 2.34. The minimum absolute atomic E-state index is 0.504. The summed E-state index contributed by atoms with van der Waals surface area (Å²) in [6.07, 6.45) is 0. The average molecular weight is 212 g/mol. The van der Waals surface area contributed by atoms with Crippen LogP contribution in [0.3, 0.4) is 0 Å². The van der Waals surface area contributed by atoms with E-state index in [1.54, 1.807) is 0 Å². The van der Waals surface area contributed by atoms with Crippen LogP contribution < -0.4 is 4.74 Å². The fraction of sp³-hybridized carbons (Fsp3) is 0.250. The molecule has 6 heteroatoms. The highest BCUT2D eigenvalue weighted by molar-refractivity contribution is 5.30. The lowest BCUT2D eigenvalue weighted by atomic mass is 10.2. The van der Waals surface area contributed by atoms with Crippen molar-refractivity contribution in [3.05, 3.63) is 29.3 Å². The number of hydrogen-bond donors (Lipinski definition) is 0. The van der Waals surface area contributed by atoms with E-state index in [1.807, 2.05) is 0 Å². The van der Waals surface area contributed by atoms with Crippen molar-refractivity contribution >= 4 is 0 Å². The standard InChI is InChI=1S/C8H5F5O/c9-3-5-6(10)1-4(2-7(5)11)14-8(12)13/h1-2,8H,3H2. The number of benzene rings is 1. The van der Waals surface area contributed by atoms with Crippen molar-refractivity contribution in [3.8, 4) is 5.75 Å². The van der Waals surface area contributed by atoms with E-state index in [0.717, 1.165) is 0 Å². The molecule has 14 heavy (non-hydrogen) atoms. The molecule has 0 aliphatic heterocycles. The molecule has 0 unspecified atom stereocenters. The summed E-state index contributed by atoms with van der Waals surface area (Å²) in [5, 5.41) is 0. The minimum Gasteiger partial charge on any atom is -0.435 e. The monoisotopic (exact) mass is 212 g/mol. The van der Waals surface area contributed by atoms with Gasteiger partial charge >= 0.3 is 6.61 Å². The summed E-state index contributed by atoms with van der Waals surface area (Å²) >= 11 is 0. The molecule has 0 radical (unpaired) electrons. The van der Waals surface area contributed by atoms with E-state index >= 15 is 0 Å². The second kappa shape index (κ2) is 4.26.